The molecular weight excluding hydrogens is 228 g/mol. The molecule has 0 aliphatic heterocycles. The van der Waals surface area contributed by atoms with E-state index in [1.807, 2.05) is 25.1 Å². The standard InChI is InChI=1S/C14H22N2O2/c1-9(2)11-6-7-13(18-5)12(8-11)10(3)14(17)16(4)15/h6-10H,15H2,1-5H3. The minimum absolute atomic E-state index is 0.130. The van der Waals surface area contributed by atoms with Gasteiger partial charge in [-0.15, -0.1) is 0 Å². The lowest BCUT2D eigenvalue weighted by Gasteiger charge is -2.20. The third-order valence-electron chi connectivity index (χ3n) is 3.10. The number of nitrogens with zero attached hydrogens (tertiary/aromatic N) is 1. The zero-order valence-electron chi connectivity index (χ0n) is 11.7. The van der Waals surface area contributed by atoms with Gasteiger partial charge in [0.05, 0.1) is 13.0 Å². The third kappa shape index (κ3) is 3.01. The Balaban J connectivity index is 3.19. The SMILES string of the molecule is COc1ccc(C(C)C)cc1C(C)C(=O)N(C)N. The van der Waals surface area contributed by atoms with E-state index < -0.39 is 0 Å². The molecule has 1 rings (SSSR count). The number of hydrogen-bond donors (Lipinski definition) is 1. The minimum atomic E-state index is -0.311. The quantitative estimate of drug-likeness (QED) is 0.506. The summed E-state index contributed by atoms with van der Waals surface area (Å²) < 4.78 is 5.32. The van der Waals surface area contributed by atoms with E-state index in [0.29, 0.717) is 5.92 Å². The van der Waals surface area contributed by atoms with Gasteiger partial charge in [0.15, 0.2) is 0 Å². The van der Waals surface area contributed by atoms with Gasteiger partial charge in [0.2, 0.25) is 5.91 Å². The lowest BCUT2D eigenvalue weighted by Crippen LogP contribution is -2.36. The Morgan fingerprint density at radius 2 is 1.94 bits per heavy atom. The monoisotopic (exact) mass is 250 g/mol. The summed E-state index contributed by atoms with van der Waals surface area (Å²) in [5.74, 6) is 6.20. The zero-order chi connectivity index (χ0) is 13.9. The van der Waals surface area contributed by atoms with Gasteiger partial charge in [-0.3, -0.25) is 9.80 Å². The average Bonchev–Trinajstić information content (AvgIpc) is 2.35. The van der Waals surface area contributed by atoms with Crippen LogP contribution in [-0.2, 0) is 4.79 Å². The van der Waals surface area contributed by atoms with E-state index in [4.69, 9.17) is 10.6 Å². The Morgan fingerprint density at radius 3 is 2.39 bits per heavy atom. The highest BCUT2D eigenvalue weighted by molar-refractivity contribution is 5.83. The summed E-state index contributed by atoms with van der Waals surface area (Å²) in [4.78, 5) is 11.9. The summed E-state index contributed by atoms with van der Waals surface area (Å²) in [5.41, 5.74) is 2.07. The maximum absolute atomic E-state index is 11.9. The van der Waals surface area contributed by atoms with Crippen molar-refractivity contribution in [3.8, 4) is 5.75 Å². The number of hydrogen-bond acceptors (Lipinski definition) is 3. The van der Waals surface area contributed by atoms with Gasteiger partial charge in [0.1, 0.15) is 5.75 Å². The lowest BCUT2D eigenvalue weighted by molar-refractivity contribution is -0.131. The maximum atomic E-state index is 11.9. The molecule has 0 spiro atoms. The number of hydrazine groups is 1. The van der Waals surface area contributed by atoms with Crippen molar-refractivity contribution in [3.63, 3.8) is 0 Å². The molecule has 0 fully saturated rings. The fourth-order valence-electron chi connectivity index (χ4n) is 1.89. The molecule has 0 saturated heterocycles. The molecular formula is C14H22N2O2. The molecule has 1 atom stereocenters. The van der Waals surface area contributed by atoms with Crippen molar-refractivity contribution >= 4 is 5.91 Å². The van der Waals surface area contributed by atoms with Crippen LogP contribution in [0.5, 0.6) is 5.75 Å². The van der Waals surface area contributed by atoms with Crippen LogP contribution in [0.15, 0.2) is 18.2 Å². The number of carbonyl (C=O) groups excluding carboxylic acids is 1. The second kappa shape index (κ2) is 5.87. The summed E-state index contributed by atoms with van der Waals surface area (Å²) in [6.07, 6.45) is 0. The van der Waals surface area contributed by atoms with Gasteiger partial charge in [-0.2, -0.15) is 0 Å². The molecule has 0 aliphatic rings. The van der Waals surface area contributed by atoms with Crippen molar-refractivity contribution in [1.29, 1.82) is 0 Å². The second-order valence-corrected chi connectivity index (χ2v) is 4.83. The van der Waals surface area contributed by atoms with E-state index >= 15 is 0 Å². The Morgan fingerprint density at radius 1 is 1.33 bits per heavy atom. The first-order valence-electron chi connectivity index (χ1n) is 6.08. The summed E-state index contributed by atoms with van der Waals surface area (Å²) in [6.45, 7) is 6.08. The van der Waals surface area contributed by atoms with Gasteiger partial charge in [0, 0.05) is 12.6 Å². The smallest absolute Gasteiger partial charge is 0.243 e. The molecule has 18 heavy (non-hydrogen) atoms. The van der Waals surface area contributed by atoms with Gasteiger partial charge in [-0.05, 0) is 24.5 Å². The zero-order valence-corrected chi connectivity index (χ0v) is 11.7. The summed E-state index contributed by atoms with van der Waals surface area (Å²) in [5, 5.41) is 1.12. The van der Waals surface area contributed by atoms with Crippen LogP contribution in [0.4, 0.5) is 0 Å². The fraction of sp³-hybridized carbons (Fsp3) is 0.500. The highest BCUT2D eigenvalue weighted by Crippen LogP contribution is 2.30. The van der Waals surface area contributed by atoms with Crippen LogP contribution in [-0.4, -0.2) is 25.1 Å². The second-order valence-electron chi connectivity index (χ2n) is 4.83. The van der Waals surface area contributed by atoms with Crippen LogP contribution in [0.25, 0.3) is 0 Å². The first-order chi connectivity index (χ1) is 8.38. The van der Waals surface area contributed by atoms with E-state index in [2.05, 4.69) is 13.8 Å². The van der Waals surface area contributed by atoms with E-state index in [-0.39, 0.29) is 11.8 Å². The highest BCUT2D eigenvalue weighted by atomic mass is 16.5. The van der Waals surface area contributed by atoms with Gasteiger partial charge < -0.3 is 4.74 Å². The highest BCUT2D eigenvalue weighted by Gasteiger charge is 2.21. The van der Waals surface area contributed by atoms with Crippen molar-refractivity contribution in [2.75, 3.05) is 14.2 Å². The Bertz CT molecular complexity index is 428. The molecule has 1 aromatic carbocycles. The van der Waals surface area contributed by atoms with E-state index in [9.17, 15) is 4.79 Å². The molecule has 1 aromatic rings. The number of likely N-dealkylation sites (N-methyl/N-ethyl adjacent to an activating group) is 1. The number of benzene rings is 1. The molecule has 0 saturated carbocycles. The van der Waals surface area contributed by atoms with Crippen LogP contribution >= 0.6 is 0 Å². The van der Waals surface area contributed by atoms with Gasteiger partial charge >= 0.3 is 0 Å². The van der Waals surface area contributed by atoms with Crippen molar-refractivity contribution in [3.05, 3.63) is 29.3 Å². The van der Waals surface area contributed by atoms with E-state index in [0.717, 1.165) is 16.3 Å². The summed E-state index contributed by atoms with van der Waals surface area (Å²) >= 11 is 0. The van der Waals surface area contributed by atoms with Crippen molar-refractivity contribution < 1.29 is 9.53 Å². The predicted octanol–water partition coefficient (Wildman–Crippen LogP) is 2.25. The fourth-order valence-corrected chi connectivity index (χ4v) is 1.89. The Kier molecular flexibility index (Phi) is 4.73. The van der Waals surface area contributed by atoms with E-state index in [1.54, 1.807) is 14.2 Å². The number of amides is 1. The maximum Gasteiger partial charge on any atom is 0.243 e. The van der Waals surface area contributed by atoms with Gasteiger partial charge in [-0.1, -0.05) is 26.0 Å². The van der Waals surface area contributed by atoms with Crippen molar-refractivity contribution in [1.82, 2.24) is 5.01 Å². The van der Waals surface area contributed by atoms with Crippen molar-refractivity contribution in [2.24, 2.45) is 5.84 Å². The first-order valence-corrected chi connectivity index (χ1v) is 6.08. The van der Waals surface area contributed by atoms with Crippen LogP contribution in [0.3, 0.4) is 0 Å². The predicted molar refractivity (Wildman–Crippen MR) is 72.5 cm³/mol. The molecule has 1 amide bonds. The molecule has 0 radical (unpaired) electrons. The number of ether oxygens (including phenoxy) is 1. The number of carbonyl (C=O) groups is 1. The number of methoxy groups -OCH3 is 1. The molecule has 0 bridgehead atoms. The van der Waals surface area contributed by atoms with Gasteiger partial charge in [-0.25, -0.2) is 5.84 Å². The normalized spacial score (nSPS) is 12.4. The van der Waals surface area contributed by atoms with Crippen LogP contribution in [0, 0.1) is 0 Å². The topological polar surface area (TPSA) is 55.6 Å². The molecule has 100 valence electrons. The average molecular weight is 250 g/mol. The Labute approximate surface area is 109 Å². The minimum Gasteiger partial charge on any atom is -0.496 e. The van der Waals surface area contributed by atoms with Crippen molar-refractivity contribution in [2.45, 2.75) is 32.6 Å². The summed E-state index contributed by atoms with van der Waals surface area (Å²) in [7, 11) is 3.16. The number of nitrogens with two attached hydrogens (primary N) is 1. The summed E-state index contributed by atoms with van der Waals surface area (Å²) in [6, 6.07) is 5.96. The largest absolute Gasteiger partial charge is 0.496 e. The molecule has 0 aliphatic carbocycles. The lowest BCUT2D eigenvalue weighted by atomic mass is 9.93. The Hall–Kier alpha value is -1.55. The molecule has 0 heterocycles. The van der Waals surface area contributed by atoms with E-state index in [1.165, 1.54) is 5.56 Å². The molecule has 4 nitrogen and oxygen atoms in total. The molecule has 4 heteroatoms. The molecule has 1 unspecified atom stereocenters. The van der Waals surface area contributed by atoms with Crippen LogP contribution in [0.1, 0.15) is 43.7 Å². The van der Waals surface area contributed by atoms with Gasteiger partial charge in [0.25, 0.3) is 0 Å². The number of rotatable bonds is 4. The van der Waals surface area contributed by atoms with Crippen LogP contribution in [0.2, 0.25) is 0 Å². The molecule has 0 aromatic heterocycles. The first kappa shape index (κ1) is 14.5. The third-order valence-corrected chi connectivity index (χ3v) is 3.10. The molecule has 2 N–H and O–H groups in total. The van der Waals surface area contributed by atoms with Crippen LogP contribution < -0.4 is 10.6 Å².